The number of carbonyl (C=O) groups excluding carboxylic acids is 2. The molecule has 4 aliphatic rings. The maximum atomic E-state index is 15.1. The summed E-state index contributed by atoms with van der Waals surface area (Å²) in [4.78, 5) is 28.2. The highest BCUT2D eigenvalue weighted by atomic mass is 19.1. The third kappa shape index (κ3) is 5.41. The molecule has 38 heavy (non-hydrogen) atoms. The second-order valence-electron chi connectivity index (χ2n) is 12.9. The van der Waals surface area contributed by atoms with Crippen molar-refractivity contribution in [1.29, 1.82) is 5.26 Å². The van der Waals surface area contributed by atoms with E-state index in [9.17, 15) is 14.9 Å². The first-order valence-corrected chi connectivity index (χ1v) is 13.4. The highest BCUT2D eigenvalue weighted by Gasteiger charge is 2.55. The molecule has 1 N–H and O–H groups in total. The van der Waals surface area contributed by atoms with Crippen molar-refractivity contribution in [2.75, 3.05) is 6.54 Å². The summed E-state index contributed by atoms with van der Waals surface area (Å²) in [5.74, 6) is -0.554. The largest absolute Gasteiger partial charge is 0.494 e. The third-order valence-electron chi connectivity index (χ3n) is 8.41. The van der Waals surface area contributed by atoms with Gasteiger partial charge in [0.15, 0.2) is 0 Å². The van der Waals surface area contributed by atoms with Crippen LogP contribution in [0.1, 0.15) is 79.7 Å². The number of fused-ring (bicyclic) bond motifs is 3. The highest BCUT2D eigenvalue weighted by molar-refractivity contribution is 6.62. The quantitative estimate of drug-likeness (QED) is 0.584. The number of halogens is 1. The van der Waals surface area contributed by atoms with Gasteiger partial charge in [-0.15, -0.1) is 0 Å². The van der Waals surface area contributed by atoms with E-state index in [0.717, 1.165) is 12.8 Å². The molecule has 10 heteroatoms. The maximum Gasteiger partial charge on any atom is 0.494 e. The Bertz CT molecular complexity index is 1120. The van der Waals surface area contributed by atoms with Crippen LogP contribution in [0.5, 0.6) is 0 Å². The van der Waals surface area contributed by atoms with Crippen LogP contribution in [-0.2, 0) is 25.3 Å². The minimum Gasteiger partial charge on any atom is -0.444 e. The van der Waals surface area contributed by atoms with E-state index >= 15 is 4.39 Å². The van der Waals surface area contributed by atoms with Gasteiger partial charge >= 0.3 is 13.2 Å². The molecule has 0 unspecified atom stereocenters. The van der Waals surface area contributed by atoms with Crippen molar-refractivity contribution < 1.29 is 28.0 Å². The molecule has 2 amide bonds. The lowest BCUT2D eigenvalue weighted by atomic mass is 9.70. The molecule has 3 aliphatic heterocycles. The van der Waals surface area contributed by atoms with Crippen molar-refractivity contribution in [3.63, 3.8) is 0 Å². The predicted octanol–water partition coefficient (Wildman–Crippen LogP) is 3.86. The van der Waals surface area contributed by atoms with Gasteiger partial charge in [-0.3, -0.25) is 9.69 Å². The number of ether oxygens (including phenoxy) is 1. The SMILES string of the molecule is CC(C)(C)OC(=O)N1CC2CCC1(C(=O)N[C@H](C#N)Cc1ccc(B3OC(C)(C)C(C)(C)O3)cc1F)CC2. The number of nitrogens with one attached hydrogen (secondary N) is 1. The Hall–Kier alpha value is -2.64. The van der Waals surface area contributed by atoms with E-state index < -0.39 is 47.4 Å². The summed E-state index contributed by atoms with van der Waals surface area (Å²) in [7, 11) is -0.700. The molecule has 1 aromatic rings. The fourth-order valence-corrected chi connectivity index (χ4v) is 5.45. The molecule has 5 rings (SSSR count). The fraction of sp³-hybridized carbons (Fsp3) is 0.679. The molecule has 2 bridgehead atoms. The number of amides is 2. The number of hydrogen-bond acceptors (Lipinski definition) is 6. The van der Waals surface area contributed by atoms with Gasteiger partial charge in [0, 0.05) is 13.0 Å². The van der Waals surface area contributed by atoms with Crippen LogP contribution in [0.15, 0.2) is 18.2 Å². The van der Waals surface area contributed by atoms with Crippen LogP contribution in [-0.4, -0.2) is 58.9 Å². The summed E-state index contributed by atoms with van der Waals surface area (Å²) in [6.45, 7) is 13.5. The van der Waals surface area contributed by atoms with Crippen LogP contribution in [0.25, 0.3) is 0 Å². The summed E-state index contributed by atoms with van der Waals surface area (Å²) >= 11 is 0. The van der Waals surface area contributed by atoms with Crippen LogP contribution in [0.2, 0.25) is 0 Å². The smallest absolute Gasteiger partial charge is 0.444 e. The van der Waals surface area contributed by atoms with Gasteiger partial charge in [-0.05, 0) is 97.2 Å². The van der Waals surface area contributed by atoms with Gasteiger partial charge < -0.3 is 19.4 Å². The van der Waals surface area contributed by atoms with Crippen LogP contribution < -0.4 is 10.8 Å². The zero-order valence-electron chi connectivity index (χ0n) is 23.5. The van der Waals surface area contributed by atoms with Gasteiger partial charge in [-0.2, -0.15) is 5.26 Å². The Morgan fingerprint density at radius 1 is 1.21 bits per heavy atom. The van der Waals surface area contributed by atoms with Crippen LogP contribution in [0.4, 0.5) is 9.18 Å². The van der Waals surface area contributed by atoms with Gasteiger partial charge in [-0.1, -0.05) is 12.1 Å². The number of carbonyl (C=O) groups is 2. The first-order chi connectivity index (χ1) is 17.6. The molecule has 0 radical (unpaired) electrons. The Morgan fingerprint density at radius 3 is 2.34 bits per heavy atom. The van der Waals surface area contributed by atoms with Crippen molar-refractivity contribution in [3.8, 4) is 6.07 Å². The maximum absolute atomic E-state index is 15.1. The Kier molecular flexibility index (Phi) is 7.34. The van der Waals surface area contributed by atoms with E-state index in [2.05, 4.69) is 11.4 Å². The molecule has 206 valence electrons. The second-order valence-corrected chi connectivity index (χ2v) is 12.9. The molecule has 1 aliphatic carbocycles. The zero-order valence-corrected chi connectivity index (χ0v) is 23.5. The van der Waals surface area contributed by atoms with Crippen LogP contribution >= 0.6 is 0 Å². The van der Waals surface area contributed by atoms with Crippen molar-refractivity contribution in [3.05, 3.63) is 29.6 Å². The summed E-state index contributed by atoms with van der Waals surface area (Å²) in [6.07, 6.45) is 2.16. The van der Waals surface area contributed by atoms with Gasteiger partial charge in [0.1, 0.15) is 23.0 Å². The van der Waals surface area contributed by atoms with E-state index in [-0.39, 0.29) is 12.3 Å². The number of nitrogens with zero attached hydrogens (tertiary/aromatic N) is 2. The lowest BCUT2D eigenvalue weighted by Crippen LogP contribution is -2.68. The summed E-state index contributed by atoms with van der Waals surface area (Å²) in [5, 5.41) is 12.6. The average Bonchev–Trinajstić information content (AvgIpc) is 3.05. The lowest BCUT2D eigenvalue weighted by molar-refractivity contribution is -0.142. The Morgan fingerprint density at radius 2 is 1.82 bits per heavy atom. The van der Waals surface area contributed by atoms with E-state index in [4.69, 9.17) is 14.0 Å². The topological polar surface area (TPSA) is 101 Å². The Labute approximate surface area is 225 Å². The molecule has 3 heterocycles. The van der Waals surface area contributed by atoms with Crippen molar-refractivity contribution in [2.24, 2.45) is 5.92 Å². The average molecular weight is 527 g/mol. The first-order valence-electron chi connectivity index (χ1n) is 13.4. The van der Waals surface area contributed by atoms with Gasteiger partial charge in [0.25, 0.3) is 0 Å². The lowest BCUT2D eigenvalue weighted by Gasteiger charge is -2.53. The summed E-state index contributed by atoms with van der Waals surface area (Å²) in [5.41, 5.74) is -2.00. The van der Waals surface area contributed by atoms with Gasteiger partial charge in [0.05, 0.1) is 17.3 Å². The Balaban J connectivity index is 1.47. The van der Waals surface area contributed by atoms with E-state index in [1.165, 1.54) is 6.07 Å². The highest BCUT2D eigenvalue weighted by Crippen LogP contribution is 2.44. The minimum absolute atomic E-state index is 0.0110. The number of benzene rings is 1. The number of hydrogen-bond donors (Lipinski definition) is 1. The normalized spacial score (nSPS) is 26.6. The molecule has 0 aromatic heterocycles. The van der Waals surface area contributed by atoms with Crippen LogP contribution in [0.3, 0.4) is 0 Å². The van der Waals surface area contributed by atoms with Crippen LogP contribution in [0, 0.1) is 23.1 Å². The van der Waals surface area contributed by atoms with E-state index in [0.29, 0.717) is 36.3 Å². The molecular weight excluding hydrogens is 488 g/mol. The fourth-order valence-electron chi connectivity index (χ4n) is 5.45. The monoisotopic (exact) mass is 527 g/mol. The number of rotatable bonds is 5. The standard InChI is InChI=1S/C28H39BFN3O5/c1-25(2,3)36-24(35)33-17-18-10-12-28(33,13-11-18)23(34)32-21(16-31)14-19-8-9-20(15-22(19)30)29-37-26(4,5)27(6,7)38-29/h8-9,15,18,21H,10-14,17H2,1-7H3,(H,32,34)/t18?,21-,28?/m0/s1. The molecule has 1 atom stereocenters. The molecule has 8 nitrogen and oxygen atoms in total. The summed E-state index contributed by atoms with van der Waals surface area (Å²) < 4.78 is 32.8. The molecular formula is C28H39BFN3O5. The van der Waals surface area contributed by atoms with Gasteiger partial charge in [-0.25, -0.2) is 9.18 Å². The number of piperidine rings is 2. The molecule has 3 saturated heterocycles. The van der Waals surface area contributed by atoms with Crippen molar-refractivity contribution >= 4 is 24.6 Å². The molecule has 1 saturated carbocycles. The van der Waals surface area contributed by atoms with E-state index in [1.54, 1.807) is 37.8 Å². The zero-order chi connectivity index (χ0) is 28.1. The summed E-state index contributed by atoms with van der Waals surface area (Å²) in [6, 6.07) is 5.81. The van der Waals surface area contributed by atoms with E-state index in [1.807, 2.05) is 27.7 Å². The predicted molar refractivity (Wildman–Crippen MR) is 141 cm³/mol. The van der Waals surface area contributed by atoms with Gasteiger partial charge in [0.2, 0.25) is 5.91 Å². The first kappa shape index (κ1) is 28.4. The third-order valence-corrected chi connectivity index (χ3v) is 8.41. The van der Waals surface area contributed by atoms with Crippen molar-refractivity contribution in [2.45, 2.75) is 109 Å². The minimum atomic E-state index is -1.06. The molecule has 0 spiro atoms. The molecule has 1 aromatic carbocycles. The second kappa shape index (κ2) is 9.84. The number of nitriles is 1. The molecule has 4 fully saturated rings. The van der Waals surface area contributed by atoms with Crippen molar-refractivity contribution in [1.82, 2.24) is 10.2 Å².